The molecule has 0 spiro atoms. The maximum atomic E-state index is 11.4. The highest BCUT2D eigenvalue weighted by molar-refractivity contribution is 7.90. The average Bonchev–Trinajstić information content (AvgIpc) is 2.30. The van der Waals surface area contributed by atoms with E-state index in [-0.39, 0.29) is 10.8 Å². The lowest BCUT2D eigenvalue weighted by atomic mass is 10.3. The molecule has 0 atom stereocenters. The number of nitrogens with one attached hydrogen (secondary N) is 1. The van der Waals surface area contributed by atoms with Gasteiger partial charge in [-0.05, 0) is 25.1 Å². The van der Waals surface area contributed by atoms with Crippen LogP contribution in [0.5, 0.6) is 5.75 Å². The summed E-state index contributed by atoms with van der Waals surface area (Å²) in [6, 6.07) is 4.29. The molecule has 0 saturated carbocycles. The Kier molecular flexibility index (Phi) is 4.49. The monoisotopic (exact) mass is 269 g/mol. The lowest BCUT2D eigenvalue weighted by Crippen LogP contribution is -2.10. The molecule has 1 aromatic carbocycles. The van der Waals surface area contributed by atoms with Gasteiger partial charge in [0.25, 0.3) is 0 Å². The van der Waals surface area contributed by atoms with Crippen molar-refractivity contribution in [2.24, 2.45) is 0 Å². The number of amides is 1. The minimum Gasteiger partial charge on any atom is -0.492 e. The quantitative estimate of drug-likeness (QED) is 0.824. The maximum absolute atomic E-state index is 11.4. The van der Waals surface area contributed by atoms with Gasteiger partial charge in [-0.15, -0.1) is 0 Å². The van der Waals surface area contributed by atoms with E-state index < -0.39 is 9.84 Å². The van der Waals surface area contributed by atoms with Crippen LogP contribution in [0.1, 0.15) is 6.92 Å². The Morgan fingerprint density at radius 2 is 2.17 bits per heavy atom. The van der Waals surface area contributed by atoms with Crippen LogP contribution in [0.2, 0.25) is 0 Å². The summed E-state index contributed by atoms with van der Waals surface area (Å²) in [7, 11) is -3.31. The third-order valence-electron chi connectivity index (χ3n) is 2.12. The first-order valence-corrected chi connectivity index (χ1v) is 7.18. The van der Waals surface area contributed by atoms with Crippen LogP contribution in [0.25, 0.3) is 0 Å². The van der Waals surface area contributed by atoms with Gasteiger partial charge in [0.1, 0.15) is 5.75 Å². The number of benzene rings is 1. The van der Waals surface area contributed by atoms with Gasteiger partial charge >= 0.3 is 0 Å². The highest BCUT2D eigenvalue weighted by atomic mass is 32.2. The van der Waals surface area contributed by atoms with E-state index in [2.05, 4.69) is 11.9 Å². The van der Waals surface area contributed by atoms with Crippen molar-refractivity contribution in [3.8, 4) is 5.75 Å². The lowest BCUT2D eigenvalue weighted by molar-refractivity contribution is -0.111. The van der Waals surface area contributed by atoms with E-state index in [4.69, 9.17) is 4.74 Å². The van der Waals surface area contributed by atoms with Crippen molar-refractivity contribution < 1.29 is 17.9 Å². The molecule has 0 fully saturated rings. The van der Waals surface area contributed by atoms with E-state index in [1.165, 1.54) is 18.2 Å². The molecule has 0 aliphatic rings. The predicted octanol–water partition coefficient (Wildman–Crippen LogP) is 1.61. The first kappa shape index (κ1) is 14.2. The van der Waals surface area contributed by atoms with Crippen molar-refractivity contribution >= 4 is 21.4 Å². The van der Waals surface area contributed by atoms with Crippen molar-refractivity contribution in [3.63, 3.8) is 0 Å². The minimum absolute atomic E-state index is 0.141. The second-order valence-corrected chi connectivity index (χ2v) is 5.57. The van der Waals surface area contributed by atoms with Crippen molar-refractivity contribution in [1.29, 1.82) is 0 Å². The molecule has 0 aliphatic heterocycles. The smallest absolute Gasteiger partial charge is 0.247 e. The molecule has 1 N–H and O–H groups in total. The summed E-state index contributed by atoms with van der Waals surface area (Å²) >= 11 is 0. The van der Waals surface area contributed by atoms with Crippen LogP contribution in [0, 0.1) is 0 Å². The summed E-state index contributed by atoms with van der Waals surface area (Å²) in [6.45, 7) is 5.48. The van der Waals surface area contributed by atoms with Crippen molar-refractivity contribution in [3.05, 3.63) is 30.9 Å². The van der Waals surface area contributed by atoms with Gasteiger partial charge in [0, 0.05) is 12.3 Å². The van der Waals surface area contributed by atoms with Crippen molar-refractivity contribution in [2.75, 3.05) is 18.2 Å². The van der Waals surface area contributed by atoms with Crippen LogP contribution in [-0.2, 0) is 14.6 Å². The highest BCUT2D eigenvalue weighted by Gasteiger charge is 2.12. The summed E-state index contributed by atoms with van der Waals surface area (Å²) in [5.41, 5.74) is 0.411. The molecule has 1 aromatic rings. The third kappa shape index (κ3) is 3.59. The van der Waals surface area contributed by atoms with Gasteiger partial charge in [-0.2, -0.15) is 0 Å². The Morgan fingerprint density at radius 1 is 1.50 bits per heavy atom. The van der Waals surface area contributed by atoms with Crippen LogP contribution in [0.3, 0.4) is 0 Å². The standard InChI is InChI=1S/C12H15NO4S/c1-4-12(14)13-10-7-6-9(18(3,15)16)8-11(10)17-5-2/h4,6-8H,1,5H2,2-3H3,(H,13,14). The predicted molar refractivity (Wildman–Crippen MR) is 69.5 cm³/mol. The fourth-order valence-electron chi connectivity index (χ4n) is 1.30. The molecular weight excluding hydrogens is 254 g/mol. The topological polar surface area (TPSA) is 72.5 Å². The van der Waals surface area contributed by atoms with Gasteiger partial charge in [-0.3, -0.25) is 4.79 Å². The minimum atomic E-state index is -3.31. The number of rotatable bonds is 5. The third-order valence-corrected chi connectivity index (χ3v) is 3.23. The summed E-state index contributed by atoms with van der Waals surface area (Å²) in [4.78, 5) is 11.4. The Balaban J connectivity index is 3.20. The van der Waals surface area contributed by atoms with Gasteiger partial charge in [-0.25, -0.2) is 8.42 Å². The van der Waals surface area contributed by atoms with Crippen molar-refractivity contribution in [2.45, 2.75) is 11.8 Å². The van der Waals surface area contributed by atoms with E-state index in [9.17, 15) is 13.2 Å². The number of anilines is 1. The first-order valence-electron chi connectivity index (χ1n) is 5.28. The Bertz CT molecular complexity index is 563. The maximum Gasteiger partial charge on any atom is 0.247 e. The average molecular weight is 269 g/mol. The van der Waals surface area contributed by atoms with Crippen LogP contribution < -0.4 is 10.1 Å². The van der Waals surface area contributed by atoms with E-state index in [0.29, 0.717) is 18.0 Å². The summed E-state index contributed by atoms with van der Waals surface area (Å²) in [6.07, 6.45) is 2.24. The molecule has 1 rings (SSSR count). The van der Waals surface area contributed by atoms with Crippen LogP contribution >= 0.6 is 0 Å². The van der Waals surface area contributed by atoms with Crippen molar-refractivity contribution in [1.82, 2.24) is 0 Å². The van der Waals surface area contributed by atoms with Gasteiger partial charge in [0.15, 0.2) is 9.84 Å². The Morgan fingerprint density at radius 3 is 2.67 bits per heavy atom. The zero-order chi connectivity index (χ0) is 13.8. The van der Waals surface area contributed by atoms with Crippen LogP contribution in [-0.4, -0.2) is 27.2 Å². The summed E-state index contributed by atoms with van der Waals surface area (Å²) < 4.78 is 28.1. The molecule has 6 heteroatoms. The number of carbonyl (C=O) groups is 1. The number of hydrogen-bond donors (Lipinski definition) is 1. The number of carbonyl (C=O) groups excluding carboxylic acids is 1. The fourth-order valence-corrected chi connectivity index (χ4v) is 1.93. The van der Waals surface area contributed by atoms with E-state index in [1.54, 1.807) is 6.92 Å². The largest absolute Gasteiger partial charge is 0.492 e. The molecule has 0 aromatic heterocycles. The molecule has 0 radical (unpaired) electrons. The van der Waals surface area contributed by atoms with Gasteiger partial charge in [-0.1, -0.05) is 6.58 Å². The molecule has 98 valence electrons. The number of sulfone groups is 1. The normalized spacial score (nSPS) is 10.8. The Hall–Kier alpha value is -1.82. The fraction of sp³-hybridized carbons (Fsp3) is 0.250. The zero-order valence-corrected chi connectivity index (χ0v) is 11.1. The Labute approximate surface area is 106 Å². The molecular formula is C12H15NO4S. The van der Waals surface area contributed by atoms with Gasteiger partial charge in [0.2, 0.25) is 5.91 Å². The molecule has 18 heavy (non-hydrogen) atoms. The van der Waals surface area contributed by atoms with E-state index in [1.807, 2.05) is 0 Å². The molecule has 0 saturated heterocycles. The molecule has 0 bridgehead atoms. The summed E-state index contributed by atoms with van der Waals surface area (Å²) in [5, 5.41) is 2.55. The zero-order valence-electron chi connectivity index (χ0n) is 10.3. The van der Waals surface area contributed by atoms with Crippen LogP contribution in [0.4, 0.5) is 5.69 Å². The molecule has 0 aliphatic carbocycles. The number of hydrogen-bond acceptors (Lipinski definition) is 4. The summed E-state index contributed by atoms with van der Waals surface area (Å²) in [5.74, 6) is -0.0707. The van der Waals surface area contributed by atoms with E-state index in [0.717, 1.165) is 12.3 Å². The SMILES string of the molecule is C=CC(=O)Nc1ccc(S(C)(=O)=O)cc1OCC. The second-order valence-electron chi connectivity index (χ2n) is 3.56. The number of ether oxygens (including phenoxy) is 1. The highest BCUT2D eigenvalue weighted by Crippen LogP contribution is 2.28. The molecule has 0 unspecified atom stereocenters. The molecule has 1 amide bonds. The first-order chi connectivity index (χ1) is 8.38. The van der Waals surface area contributed by atoms with Crippen LogP contribution in [0.15, 0.2) is 35.7 Å². The van der Waals surface area contributed by atoms with Gasteiger partial charge in [0.05, 0.1) is 17.2 Å². The van der Waals surface area contributed by atoms with E-state index >= 15 is 0 Å². The lowest BCUT2D eigenvalue weighted by Gasteiger charge is -2.11. The van der Waals surface area contributed by atoms with Gasteiger partial charge < -0.3 is 10.1 Å². The molecule has 0 heterocycles. The second kappa shape index (κ2) is 5.68. The molecule has 5 nitrogen and oxygen atoms in total.